The predicted molar refractivity (Wildman–Crippen MR) is 29.3 cm³/mol. The van der Waals surface area contributed by atoms with Gasteiger partial charge in [0.1, 0.15) is 0 Å². The Kier molecular flexibility index (Phi) is 6.16. The summed E-state index contributed by atoms with van der Waals surface area (Å²) >= 11 is 0. The molecule has 1 unspecified atom stereocenters. The van der Waals surface area contributed by atoms with Crippen LogP contribution in [0.2, 0.25) is 0 Å². The molecule has 0 aliphatic carbocycles. The normalized spacial score (nSPS) is 14.6. The zero-order valence-corrected chi connectivity index (χ0v) is 9.32. The number of rotatable bonds is 2. The second kappa shape index (κ2) is 4.96. The summed E-state index contributed by atoms with van der Waals surface area (Å²) in [4.78, 5) is 9.42. The van der Waals surface area contributed by atoms with Gasteiger partial charge < -0.3 is 5.11 Å². The van der Waals surface area contributed by atoms with Gasteiger partial charge >= 0.3 is 18.1 Å². The van der Waals surface area contributed by atoms with Gasteiger partial charge in [-0.15, -0.1) is 0 Å². The van der Waals surface area contributed by atoms with Gasteiger partial charge in [-0.25, -0.2) is 9.18 Å². The van der Waals surface area contributed by atoms with E-state index in [2.05, 4.69) is 0 Å². The Morgan fingerprint density at radius 3 is 1.54 bits per heavy atom. The van der Waals surface area contributed by atoms with Crippen LogP contribution in [0.3, 0.4) is 0 Å². The molecule has 0 bridgehead atoms. The first-order chi connectivity index (χ1) is 5.10. The average Bonchev–Trinajstić information content (AvgIpc) is 1.83. The third-order valence-electron chi connectivity index (χ3n) is 0.891. The van der Waals surface area contributed by atoms with Crippen LogP contribution in [-0.2, 0) is 4.79 Å². The van der Waals surface area contributed by atoms with Gasteiger partial charge in [-0.3, -0.25) is 0 Å². The minimum atomic E-state index is -5.87. The average molecular weight is 235 g/mol. The fourth-order valence-electron chi connectivity index (χ4n) is 0.314. The van der Waals surface area contributed by atoms with Gasteiger partial charge in [0.15, 0.2) is 0 Å². The van der Waals surface area contributed by atoms with Gasteiger partial charge in [0.25, 0.3) is 6.17 Å². The maximum absolute atomic E-state index is 11.7. The van der Waals surface area contributed by atoms with Crippen LogP contribution in [0.15, 0.2) is 0 Å². The van der Waals surface area contributed by atoms with Crippen LogP contribution in [0.4, 0.5) is 26.3 Å². The van der Waals surface area contributed by atoms with Gasteiger partial charge in [0, 0.05) is 51.4 Å². The van der Waals surface area contributed by atoms with Crippen molar-refractivity contribution >= 4 is 57.4 Å². The molecule has 1 N–H and O–H groups in total. The molecule has 9 heteroatoms. The molecule has 0 spiro atoms. The molecule has 0 aromatic carbocycles. The first-order valence-corrected chi connectivity index (χ1v) is 2.42. The van der Waals surface area contributed by atoms with E-state index in [-0.39, 0.29) is 51.4 Å². The van der Waals surface area contributed by atoms with Crippen molar-refractivity contribution in [3.05, 3.63) is 0 Å². The molecule has 13 heavy (non-hydrogen) atoms. The van der Waals surface area contributed by atoms with Crippen molar-refractivity contribution in [1.29, 1.82) is 0 Å². The third-order valence-corrected chi connectivity index (χ3v) is 0.891. The second-order valence-corrected chi connectivity index (χ2v) is 1.83. The monoisotopic (exact) mass is 235 g/mol. The smallest absolute Gasteiger partial charge is 0.426 e. The largest absolute Gasteiger partial charge is 0.477 e. The summed E-state index contributed by atoms with van der Waals surface area (Å²) in [5.74, 6) is -8.58. The number of carbonyl (C=O) groups is 1. The first kappa shape index (κ1) is 16.1. The molecule has 1 atom stereocenters. The molecule has 0 rings (SSSR count). The SMILES string of the molecule is O=C(O)C(F)(F)C(F)C(F)(F)F.[K]. The van der Waals surface area contributed by atoms with Crippen molar-refractivity contribution < 1.29 is 36.2 Å². The quantitative estimate of drug-likeness (QED) is 0.577. The van der Waals surface area contributed by atoms with Crippen molar-refractivity contribution in [2.24, 2.45) is 0 Å². The molecule has 0 heterocycles. The predicted octanol–water partition coefficient (Wildman–Crippen LogP) is 1.23. The molecule has 73 valence electrons. The van der Waals surface area contributed by atoms with E-state index in [0.29, 0.717) is 0 Å². The molecule has 0 fully saturated rings. The molecule has 0 aliphatic heterocycles. The molecule has 0 aromatic rings. The summed E-state index contributed by atoms with van der Waals surface area (Å²) in [5, 5.41) is 7.48. The van der Waals surface area contributed by atoms with Crippen LogP contribution in [0.5, 0.6) is 0 Å². The zero-order chi connectivity index (χ0) is 10.2. The van der Waals surface area contributed by atoms with Gasteiger partial charge in [-0.05, 0) is 0 Å². The number of hydrogen-bond donors (Lipinski definition) is 1. The van der Waals surface area contributed by atoms with Gasteiger partial charge in [-0.1, -0.05) is 0 Å². The van der Waals surface area contributed by atoms with Crippen molar-refractivity contribution in [3.8, 4) is 0 Å². The molecule has 2 nitrogen and oxygen atoms in total. The zero-order valence-electron chi connectivity index (χ0n) is 6.20. The van der Waals surface area contributed by atoms with Crippen molar-refractivity contribution in [2.45, 2.75) is 18.3 Å². The van der Waals surface area contributed by atoms with Crippen LogP contribution in [0.1, 0.15) is 0 Å². The molecule has 1 radical (unpaired) electrons. The first-order valence-electron chi connectivity index (χ1n) is 2.42. The van der Waals surface area contributed by atoms with Crippen LogP contribution < -0.4 is 0 Å². The molecule has 0 aromatic heterocycles. The van der Waals surface area contributed by atoms with Gasteiger partial charge in [-0.2, -0.15) is 22.0 Å². The summed E-state index contributed by atoms with van der Waals surface area (Å²) < 4.78 is 68.7. The van der Waals surface area contributed by atoms with Gasteiger partial charge in [0.05, 0.1) is 0 Å². The maximum Gasteiger partial charge on any atom is 0.426 e. The number of halogens is 6. The Morgan fingerprint density at radius 2 is 1.46 bits per heavy atom. The Labute approximate surface area is 111 Å². The number of carboxylic acid groups (broad SMARTS) is 1. The van der Waals surface area contributed by atoms with Crippen molar-refractivity contribution in [3.63, 3.8) is 0 Å². The van der Waals surface area contributed by atoms with Crippen LogP contribution >= 0.6 is 0 Å². The van der Waals surface area contributed by atoms with Gasteiger partial charge in [0.2, 0.25) is 0 Å². The van der Waals surface area contributed by atoms with E-state index in [4.69, 9.17) is 5.11 Å². The van der Waals surface area contributed by atoms with E-state index in [9.17, 15) is 31.1 Å². The number of alkyl halides is 6. The van der Waals surface area contributed by atoms with Crippen LogP contribution in [0, 0.1) is 0 Å². The minimum absolute atomic E-state index is 0. The second-order valence-electron chi connectivity index (χ2n) is 1.83. The fraction of sp³-hybridized carbons (Fsp3) is 0.750. The Balaban J connectivity index is 0. The molecule has 0 saturated carbocycles. The Hall–Kier alpha value is 0.686. The molecular formula is C4H2F6KO2. The summed E-state index contributed by atoms with van der Waals surface area (Å²) in [6.07, 6.45) is -10.6. The summed E-state index contributed by atoms with van der Waals surface area (Å²) in [6.45, 7) is 0. The minimum Gasteiger partial charge on any atom is -0.477 e. The Bertz CT molecular complexity index is 190. The van der Waals surface area contributed by atoms with Crippen LogP contribution in [0.25, 0.3) is 0 Å². The van der Waals surface area contributed by atoms with Crippen molar-refractivity contribution in [2.75, 3.05) is 0 Å². The van der Waals surface area contributed by atoms with E-state index in [1.165, 1.54) is 0 Å². The summed E-state index contributed by atoms with van der Waals surface area (Å²) in [5.41, 5.74) is 0. The number of aliphatic carboxylic acids is 1. The topological polar surface area (TPSA) is 37.3 Å². The summed E-state index contributed by atoms with van der Waals surface area (Å²) in [6, 6.07) is 0. The standard InChI is InChI=1S/C4H2F6O2.K/c5-1(4(8,9)10)3(6,7)2(11)12;/h1H,(H,11,12);. The van der Waals surface area contributed by atoms with Crippen molar-refractivity contribution in [1.82, 2.24) is 0 Å². The molecular weight excluding hydrogens is 233 g/mol. The van der Waals surface area contributed by atoms with E-state index in [0.717, 1.165) is 0 Å². The third kappa shape index (κ3) is 4.15. The Morgan fingerprint density at radius 1 is 1.15 bits per heavy atom. The molecule has 0 amide bonds. The van der Waals surface area contributed by atoms with E-state index >= 15 is 0 Å². The number of hydrogen-bond acceptors (Lipinski definition) is 1. The summed E-state index contributed by atoms with van der Waals surface area (Å²) in [7, 11) is 0. The molecule has 0 aliphatic rings. The van der Waals surface area contributed by atoms with E-state index in [1.807, 2.05) is 0 Å². The fourth-order valence-corrected chi connectivity index (χ4v) is 0.314. The maximum atomic E-state index is 11.7. The van der Waals surface area contributed by atoms with E-state index < -0.39 is 24.2 Å². The number of carboxylic acids is 1. The molecule has 0 saturated heterocycles. The van der Waals surface area contributed by atoms with E-state index in [1.54, 1.807) is 0 Å². The van der Waals surface area contributed by atoms with Crippen LogP contribution in [-0.4, -0.2) is 80.7 Å².